The summed E-state index contributed by atoms with van der Waals surface area (Å²) in [5.74, 6) is -0.0598. The number of halogens is 2. The quantitative estimate of drug-likeness (QED) is 0.652. The summed E-state index contributed by atoms with van der Waals surface area (Å²) >= 11 is 12.1. The Morgan fingerprint density at radius 3 is 2.61 bits per heavy atom. The van der Waals surface area contributed by atoms with E-state index < -0.39 is 6.04 Å². The molecule has 1 aromatic heterocycles. The first-order valence-electron chi connectivity index (χ1n) is 8.63. The van der Waals surface area contributed by atoms with Gasteiger partial charge in [-0.2, -0.15) is 5.10 Å². The Morgan fingerprint density at radius 1 is 1.18 bits per heavy atom. The zero-order chi connectivity index (χ0) is 19.8. The average molecular weight is 415 g/mol. The summed E-state index contributed by atoms with van der Waals surface area (Å²) in [4.78, 5) is 25.1. The number of aromatic nitrogens is 2. The first-order chi connectivity index (χ1) is 13.4. The van der Waals surface area contributed by atoms with Gasteiger partial charge in [-0.15, -0.1) is 0 Å². The summed E-state index contributed by atoms with van der Waals surface area (Å²) in [5, 5.41) is 11.3. The summed E-state index contributed by atoms with van der Waals surface area (Å²) < 4.78 is 1.56. The summed E-state index contributed by atoms with van der Waals surface area (Å²) in [6.07, 6.45) is -0.00446. The van der Waals surface area contributed by atoms with Gasteiger partial charge < -0.3 is 10.6 Å². The van der Waals surface area contributed by atoms with Crippen LogP contribution in [-0.2, 0) is 9.59 Å². The number of benzene rings is 2. The molecule has 1 atom stereocenters. The Balaban J connectivity index is 1.71. The minimum Gasteiger partial charge on any atom is -0.324 e. The van der Waals surface area contributed by atoms with E-state index in [1.54, 1.807) is 41.1 Å². The molecule has 0 spiro atoms. The van der Waals surface area contributed by atoms with Gasteiger partial charge in [0.05, 0.1) is 12.1 Å². The Morgan fingerprint density at radius 2 is 1.89 bits per heavy atom. The SMILES string of the molecule is Cc1c(-c2cccc(Cl)c2)nn2c1NC(=O)C[C@H]2C(=O)Nc1cccc(Cl)c1. The normalized spacial score (nSPS) is 15.7. The predicted octanol–water partition coefficient (Wildman–Crippen LogP) is 4.69. The van der Waals surface area contributed by atoms with Gasteiger partial charge in [0, 0.05) is 26.9 Å². The van der Waals surface area contributed by atoms with E-state index in [4.69, 9.17) is 23.2 Å². The number of rotatable bonds is 3. The first kappa shape index (κ1) is 18.5. The Labute approximate surface area is 171 Å². The molecule has 142 valence electrons. The zero-order valence-corrected chi connectivity index (χ0v) is 16.4. The van der Waals surface area contributed by atoms with Crippen LogP contribution in [0.25, 0.3) is 11.3 Å². The van der Waals surface area contributed by atoms with Gasteiger partial charge in [0.2, 0.25) is 11.8 Å². The lowest BCUT2D eigenvalue weighted by atomic mass is 10.1. The molecule has 4 rings (SSSR count). The third kappa shape index (κ3) is 3.48. The van der Waals surface area contributed by atoms with E-state index >= 15 is 0 Å². The van der Waals surface area contributed by atoms with Crippen molar-refractivity contribution in [3.63, 3.8) is 0 Å². The molecule has 0 saturated carbocycles. The second-order valence-corrected chi connectivity index (χ2v) is 7.42. The second-order valence-electron chi connectivity index (χ2n) is 6.54. The fourth-order valence-electron chi connectivity index (χ4n) is 3.24. The van der Waals surface area contributed by atoms with E-state index in [1.165, 1.54) is 0 Å². The van der Waals surface area contributed by atoms with Crippen molar-refractivity contribution < 1.29 is 9.59 Å². The van der Waals surface area contributed by atoms with Crippen LogP contribution in [0.2, 0.25) is 10.0 Å². The van der Waals surface area contributed by atoms with E-state index in [0.29, 0.717) is 27.2 Å². The minimum absolute atomic E-state index is 0.00446. The van der Waals surface area contributed by atoms with Gasteiger partial charge in [0.25, 0.3) is 0 Å². The largest absolute Gasteiger partial charge is 0.324 e. The van der Waals surface area contributed by atoms with Gasteiger partial charge in [-0.25, -0.2) is 4.68 Å². The standard InChI is InChI=1S/C20H16Cl2N4O2/c1-11-18(12-4-2-5-13(21)8-12)25-26-16(10-17(27)24-19(11)26)20(28)23-15-7-3-6-14(22)9-15/h2-9,16H,10H2,1H3,(H,23,28)(H,24,27)/t16-/m0/s1. The maximum atomic E-state index is 12.9. The van der Waals surface area contributed by atoms with Crippen molar-refractivity contribution in [2.45, 2.75) is 19.4 Å². The molecule has 2 N–H and O–H groups in total. The zero-order valence-electron chi connectivity index (χ0n) is 14.9. The Bertz CT molecular complexity index is 1090. The van der Waals surface area contributed by atoms with Crippen LogP contribution in [0.1, 0.15) is 18.0 Å². The van der Waals surface area contributed by atoms with Gasteiger partial charge in [0.15, 0.2) is 0 Å². The molecule has 0 bridgehead atoms. The maximum absolute atomic E-state index is 12.9. The van der Waals surface area contributed by atoms with Crippen LogP contribution in [0.5, 0.6) is 0 Å². The second kappa shape index (κ2) is 7.30. The Hall–Kier alpha value is -2.83. The number of amides is 2. The predicted molar refractivity (Wildman–Crippen MR) is 110 cm³/mol. The third-order valence-electron chi connectivity index (χ3n) is 4.57. The number of nitrogens with zero attached hydrogens (tertiary/aromatic N) is 2. The van der Waals surface area contributed by atoms with Crippen LogP contribution in [0, 0.1) is 6.92 Å². The summed E-state index contributed by atoms with van der Waals surface area (Å²) in [7, 11) is 0. The van der Waals surface area contributed by atoms with E-state index in [9.17, 15) is 9.59 Å². The van der Waals surface area contributed by atoms with Gasteiger partial charge in [-0.1, -0.05) is 41.4 Å². The topological polar surface area (TPSA) is 76.0 Å². The van der Waals surface area contributed by atoms with E-state index in [0.717, 1.165) is 11.1 Å². The van der Waals surface area contributed by atoms with E-state index in [1.807, 2.05) is 19.1 Å². The number of carbonyl (C=O) groups is 2. The molecule has 0 radical (unpaired) electrons. The molecule has 8 heteroatoms. The highest BCUT2D eigenvalue weighted by atomic mass is 35.5. The highest BCUT2D eigenvalue weighted by Crippen LogP contribution is 2.35. The molecule has 2 amide bonds. The molecule has 6 nitrogen and oxygen atoms in total. The molecule has 28 heavy (non-hydrogen) atoms. The van der Waals surface area contributed by atoms with Gasteiger partial charge in [0.1, 0.15) is 11.9 Å². The van der Waals surface area contributed by atoms with Crippen molar-refractivity contribution in [2.24, 2.45) is 0 Å². The third-order valence-corrected chi connectivity index (χ3v) is 5.04. The van der Waals surface area contributed by atoms with E-state index in [2.05, 4.69) is 15.7 Å². The van der Waals surface area contributed by atoms with Crippen molar-refractivity contribution in [1.82, 2.24) is 9.78 Å². The lowest BCUT2D eigenvalue weighted by Crippen LogP contribution is -2.35. The monoisotopic (exact) mass is 414 g/mol. The fraction of sp³-hybridized carbons (Fsp3) is 0.150. The number of nitrogens with one attached hydrogen (secondary N) is 2. The molecule has 1 aliphatic heterocycles. The number of hydrogen-bond donors (Lipinski definition) is 2. The van der Waals surface area contributed by atoms with Crippen LogP contribution in [0.3, 0.4) is 0 Å². The molecular weight excluding hydrogens is 399 g/mol. The molecule has 2 heterocycles. The molecule has 0 saturated heterocycles. The maximum Gasteiger partial charge on any atom is 0.249 e. The van der Waals surface area contributed by atoms with Gasteiger partial charge in [-0.3, -0.25) is 9.59 Å². The molecule has 0 aliphatic carbocycles. The van der Waals surface area contributed by atoms with Crippen molar-refractivity contribution in [3.05, 3.63) is 64.1 Å². The molecular formula is C20H16Cl2N4O2. The molecule has 0 fully saturated rings. The van der Waals surface area contributed by atoms with Crippen molar-refractivity contribution in [1.29, 1.82) is 0 Å². The lowest BCUT2D eigenvalue weighted by molar-refractivity contribution is -0.125. The summed E-state index contributed by atoms with van der Waals surface area (Å²) in [5.41, 5.74) is 2.82. The molecule has 1 aliphatic rings. The Kier molecular flexibility index (Phi) is 4.83. The van der Waals surface area contributed by atoms with Crippen LogP contribution in [0.15, 0.2) is 48.5 Å². The van der Waals surface area contributed by atoms with Gasteiger partial charge >= 0.3 is 0 Å². The molecule has 0 unspecified atom stereocenters. The van der Waals surface area contributed by atoms with Crippen molar-refractivity contribution in [2.75, 3.05) is 10.6 Å². The van der Waals surface area contributed by atoms with Gasteiger partial charge in [-0.05, 0) is 37.3 Å². The van der Waals surface area contributed by atoms with Crippen LogP contribution >= 0.6 is 23.2 Å². The van der Waals surface area contributed by atoms with Crippen LogP contribution in [-0.4, -0.2) is 21.6 Å². The highest BCUT2D eigenvalue weighted by molar-refractivity contribution is 6.31. The summed E-state index contributed by atoms with van der Waals surface area (Å²) in [6, 6.07) is 13.4. The number of anilines is 2. The number of hydrogen-bond acceptors (Lipinski definition) is 3. The first-order valence-corrected chi connectivity index (χ1v) is 9.39. The van der Waals surface area contributed by atoms with Crippen LogP contribution in [0.4, 0.5) is 11.5 Å². The van der Waals surface area contributed by atoms with Crippen molar-refractivity contribution >= 4 is 46.5 Å². The van der Waals surface area contributed by atoms with Crippen LogP contribution < -0.4 is 10.6 Å². The summed E-state index contributed by atoms with van der Waals surface area (Å²) in [6.45, 7) is 1.85. The lowest BCUT2D eigenvalue weighted by Gasteiger charge is -2.24. The number of fused-ring (bicyclic) bond motifs is 1. The fourth-order valence-corrected chi connectivity index (χ4v) is 3.62. The highest BCUT2D eigenvalue weighted by Gasteiger charge is 2.34. The molecule has 2 aromatic carbocycles. The van der Waals surface area contributed by atoms with Crippen molar-refractivity contribution in [3.8, 4) is 11.3 Å². The minimum atomic E-state index is -0.769. The van der Waals surface area contributed by atoms with E-state index in [-0.39, 0.29) is 18.2 Å². The smallest absolute Gasteiger partial charge is 0.249 e. The molecule has 3 aromatic rings. The average Bonchev–Trinajstić information content (AvgIpc) is 2.98. The number of carbonyl (C=O) groups excluding carboxylic acids is 2.